The summed E-state index contributed by atoms with van der Waals surface area (Å²) in [5.41, 5.74) is 0.451. The second-order valence-electron chi connectivity index (χ2n) is 3.53. The number of carboxylic acids is 2. The minimum atomic E-state index is -1.36. The first-order valence-electron chi connectivity index (χ1n) is 5.40. The van der Waals surface area contributed by atoms with Crippen LogP contribution in [-0.4, -0.2) is 31.6 Å². The average molecular weight is 251 g/mol. The van der Waals surface area contributed by atoms with Crippen LogP contribution in [0, 0.1) is 0 Å². The molecule has 0 aliphatic carbocycles. The van der Waals surface area contributed by atoms with Crippen molar-refractivity contribution in [3.63, 3.8) is 0 Å². The fourth-order valence-corrected chi connectivity index (χ4v) is 1.47. The summed E-state index contributed by atoms with van der Waals surface area (Å²) in [5.74, 6) is -2.08. The highest BCUT2D eigenvalue weighted by Crippen LogP contribution is 2.19. The monoisotopic (exact) mass is 251 g/mol. The van der Waals surface area contributed by atoms with Gasteiger partial charge in [0.15, 0.2) is 0 Å². The minimum Gasteiger partial charge on any atom is -0.548 e. The highest BCUT2D eigenvalue weighted by atomic mass is 16.5. The molecule has 0 aliphatic heterocycles. The molecule has 0 unspecified atom stereocenters. The van der Waals surface area contributed by atoms with E-state index in [9.17, 15) is 19.8 Å². The van der Waals surface area contributed by atoms with Gasteiger partial charge in [-0.05, 0) is 31.2 Å². The van der Waals surface area contributed by atoms with Crippen LogP contribution in [0.3, 0.4) is 0 Å². The molecular weight excluding hydrogens is 238 g/mol. The van der Waals surface area contributed by atoms with Gasteiger partial charge < -0.3 is 29.4 Å². The van der Waals surface area contributed by atoms with Crippen LogP contribution >= 0.6 is 0 Å². The van der Waals surface area contributed by atoms with E-state index in [0.29, 0.717) is 18.0 Å². The van der Waals surface area contributed by atoms with Crippen LogP contribution in [0.2, 0.25) is 0 Å². The van der Waals surface area contributed by atoms with Crippen LogP contribution in [0.5, 0.6) is 5.75 Å². The van der Waals surface area contributed by atoms with Gasteiger partial charge in [0, 0.05) is 5.69 Å². The molecule has 0 heterocycles. The van der Waals surface area contributed by atoms with Gasteiger partial charge >= 0.3 is 0 Å². The summed E-state index contributed by atoms with van der Waals surface area (Å²) in [7, 11) is 0. The van der Waals surface area contributed by atoms with Gasteiger partial charge in [-0.1, -0.05) is 0 Å². The van der Waals surface area contributed by atoms with Crippen LogP contribution in [0.15, 0.2) is 24.3 Å². The Balaban J connectivity index is 2.83. The average Bonchev–Trinajstić information content (AvgIpc) is 2.28. The maximum Gasteiger partial charge on any atom is 0.119 e. The number of carbonyl (C=O) groups is 2. The van der Waals surface area contributed by atoms with E-state index in [4.69, 9.17) is 4.74 Å². The van der Waals surface area contributed by atoms with Crippen molar-refractivity contribution in [3.05, 3.63) is 24.3 Å². The van der Waals surface area contributed by atoms with E-state index in [1.807, 2.05) is 6.92 Å². The molecule has 18 heavy (non-hydrogen) atoms. The van der Waals surface area contributed by atoms with E-state index < -0.39 is 25.0 Å². The Kier molecular flexibility index (Phi) is 4.98. The van der Waals surface area contributed by atoms with Crippen molar-refractivity contribution in [1.82, 2.24) is 0 Å². The largest absolute Gasteiger partial charge is 0.548 e. The number of rotatable bonds is 7. The molecule has 0 spiro atoms. The summed E-state index contributed by atoms with van der Waals surface area (Å²) in [5, 5.41) is 21.1. The number of carbonyl (C=O) groups excluding carboxylic acids is 2. The lowest BCUT2D eigenvalue weighted by Gasteiger charge is -2.25. The molecule has 6 nitrogen and oxygen atoms in total. The number of nitrogens with zero attached hydrogens (tertiary/aromatic N) is 1. The van der Waals surface area contributed by atoms with Crippen LogP contribution in [0.25, 0.3) is 0 Å². The van der Waals surface area contributed by atoms with Crippen LogP contribution in [-0.2, 0) is 9.59 Å². The fourth-order valence-electron chi connectivity index (χ4n) is 1.47. The zero-order chi connectivity index (χ0) is 13.5. The normalized spacial score (nSPS) is 9.83. The van der Waals surface area contributed by atoms with Crippen molar-refractivity contribution in [3.8, 4) is 5.75 Å². The van der Waals surface area contributed by atoms with Gasteiger partial charge in [-0.25, -0.2) is 0 Å². The summed E-state index contributed by atoms with van der Waals surface area (Å²) in [6.07, 6.45) is 0. The number of ether oxygens (including phenoxy) is 1. The first-order chi connectivity index (χ1) is 8.52. The molecule has 0 N–H and O–H groups in total. The molecule has 0 saturated carbocycles. The molecule has 0 saturated heterocycles. The van der Waals surface area contributed by atoms with Crippen molar-refractivity contribution < 1.29 is 24.5 Å². The summed E-state index contributed by atoms with van der Waals surface area (Å²) in [4.78, 5) is 22.2. The zero-order valence-corrected chi connectivity index (χ0v) is 9.92. The van der Waals surface area contributed by atoms with E-state index in [1.54, 1.807) is 24.3 Å². The summed E-state index contributed by atoms with van der Waals surface area (Å²) < 4.78 is 5.23. The van der Waals surface area contributed by atoms with Gasteiger partial charge in [-0.2, -0.15) is 0 Å². The molecule has 0 bridgehead atoms. The van der Waals surface area contributed by atoms with E-state index >= 15 is 0 Å². The van der Waals surface area contributed by atoms with Crippen molar-refractivity contribution in [1.29, 1.82) is 0 Å². The van der Waals surface area contributed by atoms with Gasteiger partial charge in [0.25, 0.3) is 0 Å². The predicted molar refractivity (Wildman–Crippen MR) is 59.8 cm³/mol. The van der Waals surface area contributed by atoms with Crippen molar-refractivity contribution in [2.75, 3.05) is 24.6 Å². The SMILES string of the molecule is CCOc1ccc(N(CC(=O)[O-])CC(=O)[O-])cc1. The number of aliphatic carboxylic acids is 2. The third-order valence-electron chi connectivity index (χ3n) is 2.15. The van der Waals surface area contributed by atoms with Crippen molar-refractivity contribution in [2.24, 2.45) is 0 Å². The highest BCUT2D eigenvalue weighted by Gasteiger charge is 2.07. The molecule has 0 amide bonds. The van der Waals surface area contributed by atoms with Crippen LogP contribution < -0.4 is 19.8 Å². The second kappa shape index (κ2) is 6.48. The van der Waals surface area contributed by atoms with E-state index in [2.05, 4.69) is 0 Å². The van der Waals surface area contributed by atoms with E-state index in [0.717, 1.165) is 4.90 Å². The molecule has 1 aromatic rings. The summed E-state index contributed by atoms with van der Waals surface area (Å²) in [6.45, 7) is 1.33. The van der Waals surface area contributed by atoms with Gasteiger partial charge in [-0.3, -0.25) is 0 Å². The lowest BCUT2D eigenvalue weighted by Crippen LogP contribution is -2.44. The maximum absolute atomic E-state index is 10.5. The topological polar surface area (TPSA) is 92.7 Å². The van der Waals surface area contributed by atoms with Crippen molar-refractivity contribution in [2.45, 2.75) is 6.92 Å². The first kappa shape index (κ1) is 13.8. The molecule has 0 radical (unpaired) electrons. The molecule has 0 aliphatic rings. The Morgan fingerprint density at radius 3 is 2.00 bits per heavy atom. The smallest absolute Gasteiger partial charge is 0.119 e. The molecule has 6 heteroatoms. The molecular formula is C12H13NO5-2. The third-order valence-corrected chi connectivity index (χ3v) is 2.15. The molecule has 0 atom stereocenters. The second-order valence-corrected chi connectivity index (χ2v) is 3.53. The van der Waals surface area contributed by atoms with E-state index in [-0.39, 0.29) is 0 Å². The number of hydrogen-bond donors (Lipinski definition) is 0. The van der Waals surface area contributed by atoms with Crippen LogP contribution in [0.1, 0.15) is 6.92 Å². The zero-order valence-electron chi connectivity index (χ0n) is 9.92. The molecule has 1 rings (SSSR count). The van der Waals surface area contributed by atoms with E-state index in [1.165, 1.54) is 0 Å². The predicted octanol–water partition coefficient (Wildman–Crippen LogP) is -1.61. The quantitative estimate of drug-likeness (QED) is 0.579. The van der Waals surface area contributed by atoms with Gasteiger partial charge in [0.2, 0.25) is 0 Å². The highest BCUT2D eigenvalue weighted by molar-refractivity contribution is 5.77. The Morgan fingerprint density at radius 2 is 1.61 bits per heavy atom. The minimum absolute atomic E-state index is 0.451. The van der Waals surface area contributed by atoms with Gasteiger partial charge in [0.1, 0.15) is 5.75 Å². The molecule has 1 aromatic carbocycles. The number of hydrogen-bond acceptors (Lipinski definition) is 6. The lowest BCUT2D eigenvalue weighted by molar-refractivity contribution is -0.304. The summed E-state index contributed by atoms with van der Waals surface area (Å²) >= 11 is 0. The molecule has 98 valence electrons. The number of anilines is 1. The lowest BCUT2D eigenvalue weighted by atomic mass is 10.2. The van der Waals surface area contributed by atoms with Gasteiger partial charge in [-0.15, -0.1) is 0 Å². The Bertz CT molecular complexity index is 399. The fraction of sp³-hybridized carbons (Fsp3) is 0.333. The number of carboxylic acid groups (broad SMARTS) is 2. The Labute approximate surface area is 104 Å². The first-order valence-corrected chi connectivity index (χ1v) is 5.40. The Morgan fingerprint density at radius 1 is 1.11 bits per heavy atom. The van der Waals surface area contributed by atoms with Crippen molar-refractivity contribution >= 4 is 17.6 Å². The maximum atomic E-state index is 10.5. The third kappa shape index (κ3) is 4.32. The standard InChI is InChI=1S/C12H15NO5/c1-2-18-10-5-3-9(4-6-10)13(7-11(14)15)8-12(16)17/h3-6H,2,7-8H2,1H3,(H,14,15)(H,16,17)/p-2. The number of benzene rings is 1. The molecule has 0 fully saturated rings. The molecule has 0 aromatic heterocycles. The van der Waals surface area contributed by atoms with Crippen LogP contribution in [0.4, 0.5) is 5.69 Å². The summed E-state index contributed by atoms with van der Waals surface area (Å²) in [6, 6.07) is 6.43. The Hall–Kier alpha value is -2.24. The van der Waals surface area contributed by atoms with Gasteiger partial charge in [0.05, 0.1) is 31.6 Å².